The molecule has 12 nitrogen and oxygen atoms in total. The molecular formula is C25H31N9O3. The molecule has 0 spiro atoms. The van der Waals surface area contributed by atoms with Gasteiger partial charge in [0.25, 0.3) is 5.91 Å². The van der Waals surface area contributed by atoms with Gasteiger partial charge in [-0.15, -0.1) is 0 Å². The number of carbonyl (C=O) groups excluding carboxylic acids is 2. The summed E-state index contributed by atoms with van der Waals surface area (Å²) in [5.41, 5.74) is 6.32. The summed E-state index contributed by atoms with van der Waals surface area (Å²) < 4.78 is 3.22. The molecule has 1 saturated heterocycles. The first-order valence-electron chi connectivity index (χ1n) is 12.4. The van der Waals surface area contributed by atoms with Crippen LogP contribution in [0.2, 0.25) is 0 Å². The van der Waals surface area contributed by atoms with Gasteiger partial charge in [0, 0.05) is 30.9 Å². The molecule has 2 aliphatic rings. The second-order valence-corrected chi connectivity index (χ2v) is 10.8. The molecule has 1 saturated carbocycles. The molecule has 4 N–H and O–H groups in total. The van der Waals surface area contributed by atoms with Gasteiger partial charge in [0.15, 0.2) is 5.65 Å². The van der Waals surface area contributed by atoms with Crippen molar-refractivity contribution in [1.29, 1.82) is 5.26 Å². The highest BCUT2D eigenvalue weighted by atomic mass is 16.3. The Labute approximate surface area is 214 Å². The van der Waals surface area contributed by atoms with E-state index in [1.165, 1.54) is 6.20 Å². The van der Waals surface area contributed by atoms with Gasteiger partial charge >= 0.3 is 0 Å². The Morgan fingerprint density at radius 3 is 2.65 bits per heavy atom. The first-order valence-corrected chi connectivity index (χ1v) is 12.4. The number of imidazole rings is 1. The second kappa shape index (κ2) is 8.85. The second-order valence-electron chi connectivity index (χ2n) is 10.8. The monoisotopic (exact) mass is 505 g/mol. The standard InChI is InChI=1S/C25H31N9O3/c1-4-15-9-32(23(36)25(13-26)5-6-25)11-18(15)30-20-17(21(27)35)8-29-34-12-19(31-22(20)34)16-7-28-33(10-16)14-24(2,3)37/h7-8,10,12,15,18,30,37H,4-6,9,11,14H2,1-3H3,(H2,27,35)/t15-,18-/m1/s1. The lowest BCUT2D eigenvalue weighted by atomic mass is 10.0. The number of rotatable bonds is 8. The van der Waals surface area contributed by atoms with E-state index in [9.17, 15) is 20.0 Å². The third-order valence-corrected chi connectivity index (χ3v) is 7.19. The molecular weight excluding hydrogens is 474 g/mol. The van der Waals surface area contributed by atoms with E-state index in [0.717, 1.165) is 12.0 Å². The first-order chi connectivity index (χ1) is 17.5. The summed E-state index contributed by atoms with van der Waals surface area (Å²) >= 11 is 0. The molecule has 1 aliphatic carbocycles. The minimum atomic E-state index is -0.921. The summed E-state index contributed by atoms with van der Waals surface area (Å²) in [4.78, 5) is 31.8. The number of hydrogen-bond acceptors (Lipinski definition) is 8. The van der Waals surface area contributed by atoms with E-state index in [1.54, 1.807) is 46.5 Å². The van der Waals surface area contributed by atoms with Gasteiger partial charge in [-0.05, 0) is 39.0 Å². The molecule has 0 unspecified atom stereocenters. The fourth-order valence-corrected chi connectivity index (χ4v) is 4.98. The number of likely N-dealkylation sites (tertiary alicyclic amines) is 1. The Morgan fingerprint density at radius 1 is 1.27 bits per heavy atom. The lowest BCUT2D eigenvalue weighted by Crippen LogP contribution is -2.36. The molecule has 5 rings (SSSR count). The van der Waals surface area contributed by atoms with Gasteiger partial charge in [-0.2, -0.15) is 15.5 Å². The van der Waals surface area contributed by atoms with Gasteiger partial charge in [-0.1, -0.05) is 6.92 Å². The lowest BCUT2D eigenvalue weighted by Gasteiger charge is -2.21. The van der Waals surface area contributed by atoms with Crippen molar-refractivity contribution in [2.75, 3.05) is 18.4 Å². The zero-order chi connectivity index (χ0) is 26.5. The number of nitriles is 1. The number of primary amides is 1. The molecule has 0 radical (unpaired) electrons. The van der Waals surface area contributed by atoms with Crippen molar-refractivity contribution in [3.63, 3.8) is 0 Å². The van der Waals surface area contributed by atoms with Crippen molar-refractivity contribution in [3.8, 4) is 17.3 Å². The highest BCUT2D eigenvalue weighted by molar-refractivity contribution is 6.01. The van der Waals surface area contributed by atoms with Gasteiger partial charge in [0.1, 0.15) is 5.41 Å². The maximum absolute atomic E-state index is 13.0. The highest BCUT2D eigenvalue weighted by Crippen LogP contribution is 2.47. The molecule has 4 heterocycles. The number of aromatic nitrogens is 5. The number of nitrogens with zero attached hydrogens (tertiary/aromatic N) is 7. The number of amides is 2. The van der Waals surface area contributed by atoms with Gasteiger partial charge < -0.3 is 21.1 Å². The zero-order valence-electron chi connectivity index (χ0n) is 21.2. The van der Waals surface area contributed by atoms with Crippen LogP contribution in [0.5, 0.6) is 0 Å². The maximum atomic E-state index is 13.0. The predicted octanol–water partition coefficient (Wildman–Crippen LogP) is 1.42. The molecule has 2 fully saturated rings. The van der Waals surface area contributed by atoms with Gasteiger partial charge in [0.2, 0.25) is 5.91 Å². The summed E-state index contributed by atoms with van der Waals surface area (Å²) in [6, 6.07) is 2.04. The van der Waals surface area contributed by atoms with Crippen LogP contribution in [-0.4, -0.2) is 70.9 Å². The van der Waals surface area contributed by atoms with E-state index < -0.39 is 16.9 Å². The topological polar surface area (TPSA) is 167 Å². The number of hydrogen-bond donors (Lipinski definition) is 3. The number of nitrogens with two attached hydrogens (primary N) is 1. The first kappa shape index (κ1) is 24.7. The van der Waals surface area contributed by atoms with Crippen LogP contribution >= 0.6 is 0 Å². The van der Waals surface area contributed by atoms with Crippen LogP contribution in [0, 0.1) is 22.7 Å². The maximum Gasteiger partial charge on any atom is 0.252 e. The lowest BCUT2D eigenvalue weighted by molar-refractivity contribution is -0.134. The van der Waals surface area contributed by atoms with Crippen molar-refractivity contribution in [1.82, 2.24) is 29.3 Å². The summed E-state index contributed by atoms with van der Waals surface area (Å²) in [6.45, 7) is 6.76. The molecule has 12 heteroatoms. The average Bonchev–Trinajstić information content (AvgIpc) is 3.15. The fraction of sp³-hybridized carbons (Fsp3) is 0.520. The van der Waals surface area contributed by atoms with Crippen molar-refractivity contribution >= 4 is 23.1 Å². The SMILES string of the molecule is CC[C@@H]1CN(C(=O)C2(C#N)CC2)C[C@H]1Nc1c(C(N)=O)cnn2cc(-c3cnn(CC(C)(C)O)c3)nc12. The van der Waals surface area contributed by atoms with Crippen LogP contribution in [0.15, 0.2) is 24.8 Å². The predicted molar refractivity (Wildman–Crippen MR) is 134 cm³/mol. The summed E-state index contributed by atoms with van der Waals surface area (Å²) in [7, 11) is 0. The highest BCUT2D eigenvalue weighted by Gasteiger charge is 2.54. The molecule has 37 heavy (non-hydrogen) atoms. The van der Waals surface area contributed by atoms with Crippen molar-refractivity contribution in [2.24, 2.45) is 17.1 Å². The quantitative estimate of drug-likeness (QED) is 0.413. The zero-order valence-corrected chi connectivity index (χ0v) is 21.2. The minimum Gasteiger partial charge on any atom is -0.389 e. The molecule has 2 amide bonds. The minimum absolute atomic E-state index is 0.112. The third kappa shape index (κ3) is 4.62. The Balaban J connectivity index is 1.46. The van der Waals surface area contributed by atoms with Gasteiger partial charge in [0.05, 0.1) is 53.8 Å². The van der Waals surface area contributed by atoms with Crippen LogP contribution < -0.4 is 11.1 Å². The fourth-order valence-electron chi connectivity index (χ4n) is 4.98. The number of anilines is 1. The number of nitrogens with one attached hydrogen (secondary N) is 1. The third-order valence-electron chi connectivity index (χ3n) is 7.19. The van der Waals surface area contributed by atoms with E-state index in [4.69, 9.17) is 10.7 Å². The van der Waals surface area contributed by atoms with E-state index >= 15 is 0 Å². The van der Waals surface area contributed by atoms with Crippen molar-refractivity contribution < 1.29 is 14.7 Å². The molecule has 1 aliphatic heterocycles. The normalized spacial score (nSPS) is 20.7. The van der Waals surface area contributed by atoms with E-state index in [2.05, 4.69) is 28.5 Å². The van der Waals surface area contributed by atoms with Crippen LogP contribution in [-0.2, 0) is 11.3 Å². The molecule has 3 aromatic heterocycles. The molecule has 194 valence electrons. The van der Waals surface area contributed by atoms with Crippen LogP contribution in [0.3, 0.4) is 0 Å². The van der Waals surface area contributed by atoms with Gasteiger partial charge in [-0.25, -0.2) is 9.50 Å². The Morgan fingerprint density at radius 2 is 2.03 bits per heavy atom. The average molecular weight is 506 g/mol. The van der Waals surface area contributed by atoms with E-state index in [0.29, 0.717) is 49.5 Å². The van der Waals surface area contributed by atoms with Gasteiger partial charge in [-0.3, -0.25) is 14.3 Å². The van der Waals surface area contributed by atoms with E-state index in [-0.39, 0.29) is 23.4 Å². The van der Waals surface area contributed by atoms with Crippen molar-refractivity contribution in [2.45, 2.75) is 58.2 Å². The molecule has 2 atom stereocenters. The smallest absolute Gasteiger partial charge is 0.252 e. The van der Waals surface area contributed by atoms with Crippen LogP contribution in [0.4, 0.5) is 5.69 Å². The number of fused-ring (bicyclic) bond motifs is 1. The van der Waals surface area contributed by atoms with Crippen molar-refractivity contribution in [3.05, 3.63) is 30.4 Å². The summed E-state index contributed by atoms with van der Waals surface area (Å²) in [5.74, 6) is -0.624. The Bertz CT molecular complexity index is 1410. The molecule has 0 aromatic carbocycles. The number of carbonyl (C=O) groups is 2. The Hall–Kier alpha value is -3.98. The Kier molecular flexibility index (Phi) is 5.91. The largest absolute Gasteiger partial charge is 0.389 e. The number of aliphatic hydroxyl groups is 1. The summed E-state index contributed by atoms with van der Waals surface area (Å²) in [6.07, 6.45) is 8.62. The molecule has 3 aromatic rings. The van der Waals surface area contributed by atoms with Crippen LogP contribution in [0.25, 0.3) is 16.9 Å². The van der Waals surface area contributed by atoms with Crippen LogP contribution in [0.1, 0.15) is 50.4 Å². The van der Waals surface area contributed by atoms with E-state index in [1.807, 2.05) is 0 Å². The summed E-state index contributed by atoms with van der Waals surface area (Å²) in [5, 5.41) is 31.7. The molecule has 0 bridgehead atoms.